The number of methoxy groups -OCH3 is 1. The summed E-state index contributed by atoms with van der Waals surface area (Å²) in [6, 6.07) is 11.9. The maximum atomic E-state index is 12.6. The van der Waals surface area contributed by atoms with Gasteiger partial charge in [0.1, 0.15) is 10.6 Å². The summed E-state index contributed by atoms with van der Waals surface area (Å²) in [6.07, 6.45) is 1.99. The lowest BCUT2D eigenvalue weighted by atomic mass is 10.1. The molecule has 0 bridgehead atoms. The molecule has 124 valence electrons. The van der Waals surface area contributed by atoms with E-state index in [1.165, 1.54) is 19.2 Å². The van der Waals surface area contributed by atoms with Gasteiger partial charge in [0.25, 0.3) is 0 Å². The third-order valence-electron chi connectivity index (χ3n) is 3.36. The molecule has 0 saturated carbocycles. The van der Waals surface area contributed by atoms with Crippen molar-refractivity contribution in [2.24, 2.45) is 0 Å². The van der Waals surface area contributed by atoms with Crippen LogP contribution in [0.15, 0.2) is 52.3 Å². The molecule has 0 amide bonds. The normalized spacial score (nSPS) is 12.9. The molecule has 7 heteroatoms. The maximum absolute atomic E-state index is 12.6. The van der Waals surface area contributed by atoms with Gasteiger partial charge >= 0.3 is 0 Å². The Labute approximate surface area is 146 Å². The van der Waals surface area contributed by atoms with Crippen molar-refractivity contribution in [3.05, 3.63) is 53.1 Å². The van der Waals surface area contributed by atoms with Crippen molar-refractivity contribution < 1.29 is 13.2 Å². The monoisotopic (exact) mass is 371 g/mol. The molecular weight excluding hydrogens is 354 g/mol. The highest BCUT2D eigenvalue weighted by Gasteiger charge is 2.22. The number of sulfonamides is 1. The molecule has 0 radical (unpaired) electrons. The molecule has 1 atom stereocenters. The van der Waals surface area contributed by atoms with Gasteiger partial charge in [-0.1, -0.05) is 23.7 Å². The van der Waals surface area contributed by atoms with Crippen LogP contribution in [-0.4, -0.2) is 21.8 Å². The Morgan fingerprint density at radius 2 is 1.83 bits per heavy atom. The molecule has 0 aliphatic heterocycles. The molecule has 0 heterocycles. The first-order chi connectivity index (χ1) is 10.9. The van der Waals surface area contributed by atoms with Crippen LogP contribution in [0.1, 0.15) is 18.5 Å². The van der Waals surface area contributed by atoms with Crippen molar-refractivity contribution in [3.8, 4) is 5.75 Å². The van der Waals surface area contributed by atoms with Gasteiger partial charge in [-0.3, -0.25) is 0 Å². The Bertz CT molecular complexity index is 776. The van der Waals surface area contributed by atoms with E-state index < -0.39 is 10.0 Å². The standard InChI is InChI=1S/C16H18ClNO3S2/c1-11(12-4-7-14(22-3)8-5-12)18-23(19,20)16-10-13(17)6-9-15(16)21-2/h4-11,18H,1-3H3. The highest BCUT2D eigenvalue weighted by Crippen LogP contribution is 2.28. The van der Waals surface area contributed by atoms with Crippen molar-refractivity contribution in [2.45, 2.75) is 22.8 Å². The van der Waals surface area contributed by atoms with Gasteiger partial charge in [-0.05, 0) is 49.1 Å². The Morgan fingerprint density at radius 1 is 1.17 bits per heavy atom. The average Bonchev–Trinajstić information content (AvgIpc) is 2.54. The predicted octanol–water partition coefficient (Wildman–Crippen LogP) is 4.11. The van der Waals surface area contributed by atoms with Gasteiger partial charge in [-0.2, -0.15) is 0 Å². The van der Waals surface area contributed by atoms with Crippen molar-refractivity contribution in [1.29, 1.82) is 0 Å². The van der Waals surface area contributed by atoms with Crippen LogP contribution >= 0.6 is 23.4 Å². The van der Waals surface area contributed by atoms with Gasteiger partial charge < -0.3 is 4.74 Å². The highest BCUT2D eigenvalue weighted by atomic mass is 35.5. The number of hydrogen-bond donors (Lipinski definition) is 1. The lowest BCUT2D eigenvalue weighted by Crippen LogP contribution is -2.27. The van der Waals surface area contributed by atoms with Crippen LogP contribution < -0.4 is 9.46 Å². The van der Waals surface area contributed by atoms with Gasteiger partial charge in [-0.25, -0.2) is 13.1 Å². The van der Waals surface area contributed by atoms with Gasteiger partial charge in [-0.15, -0.1) is 11.8 Å². The number of ether oxygens (including phenoxy) is 1. The van der Waals surface area contributed by atoms with Crippen LogP contribution in [-0.2, 0) is 10.0 Å². The number of rotatable bonds is 6. The maximum Gasteiger partial charge on any atom is 0.244 e. The van der Waals surface area contributed by atoms with E-state index >= 15 is 0 Å². The van der Waals surface area contributed by atoms with E-state index in [0.29, 0.717) is 5.02 Å². The Balaban J connectivity index is 2.28. The van der Waals surface area contributed by atoms with Crippen LogP contribution in [0.2, 0.25) is 5.02 Å². The van der Waals surface area contributed by atoms with Crippen molar-refractivity contribution >= 4 is 33.4 Å². The molecule has 0 aliphatic carbocycles. The number of hydrogen-bond acceptors (Lipinski definition) is 4. The lowest BCUT2D eigenvalue weighted by molar-refractivity contribution is 0.402. The summed E-state index contributed by atoms with van der Waals surface area (Å²) in [4.78, 5) is 1.15. The number of thioether (sulfide) groups is 1. The fraction of sp³-hybridized carbons (Fsp3) is 0.250. The van der Waals surface area contributed by atoms with E-state index in [4.69, 9.17) is 16.3 Å². The Hall–Kier alpha value is -1.21. The minimum absolute atomic E-state index is 0.0279. The zero-order valence-corrected chi connectivity index (χ0v) is 15.4. The first-order valence-corrected chi connectivity index (χ1v) is 9.96. The van der Waals surface area contributed by atoms with Crippen LogP contribution in [0.4, 0.5) is 0 Å². The minimum atomic E-state index is -3.75. The summed E-state index contributed by atoms with van der Waals surface area (Å²) in [7, 11) is -2.33. The highest BCUT2D eigenvalue weighted by molar-refractivity contribution is 7.98. The van der Waals surface area contributed by atoms with Crippen molar-refractivity contribution in [2.75, 3.05) is 13.4 Å². The molecule has 0 aliphatic rings. The molecule has 0 spiro atoms. The quantitative estimate of drug-likeness (QED) is 0.776. The van der Waals surface area contributed by atoms with Gasteiger partial charge in [0.05, 0.1) is 7.11 Å². The molecule has 4 nitrogen and oxygen atoms in total. The van der Waals surface area contributed by atoms with Crippen LogP contribution in [0, 0.1) is 0 Å². The SMILES string of the molecule is COc1ccc(Cl)cc1S(=O)(=O)NC(C)c1ccc(SC)cc1. The van der Waals surface area contributed by atoms with E-state index in [1.807, 2.05) is 30.5 Å². The molecule has 0 saturated heterocycles. The second-order valence-corrected chi connectivity index (χ2v) is 7.91. The van der Waals surface area contributed by atoms with Crippen LogP contribution in [0.25, 0.3) is 0 Å². The van der Waals surface area contributed by atoms with E-state index in [2.05, 4.69) is 4.72 Å². The number of benzene rings is 2. The summed E-state index contributed by atoms with van der Waals surface area (Å²) >= 11 is 7.55. The summed E-state index contributed by atoms with van der Waals surface area (Å²) in [6.45, 7) is 1.79. The summed E-state index contributed by atoms with van der Waals surface area (Å²) in [5.41, 5.74) is 0.882. The molecule has 2 rings (SSSR count). The third kappa shape index (κ3) is 4.41. The zero-order chi connectivity index (χ0) is 17.0. The van der Waals surface area contributed by atoms with Gasteiger partial charge in [0, 0.05) is 16.0 Å². The van der Waals surface area contributed by atoms with Gasteiger partial charge in [0.15, 0.2) is 0 Å². The fourth-order valence-electron chi connectivity index (χ4n) is 2.12. The molecule has 2 aromatic rings. The predicted molar refractivity (Wildman–Crippen MR) is 95.0 cm³/mol. The molecule has 0 fully saturated rings. The Kier molecular flexibility index (Phi) is 5.97. The summed E-state index contributed by atoms with van der Waals surface area (Å²) in [5, 5.41) is 0.336. The fourth-order valence-corrected chi connectivity index (χ4v) is 4.19. The average molecular weight is 372 g/mol. The number of halogens is 1. The van der Waals surface area contributed by atoms with Crippen molar-refractivity contribution in [3.63, 3.8) is 0 Å². The van der Waals surface area contributed by atoms with E-state index in [0.717, 1.165) is 10.5 Å². The largest absolute Gasteiger partial charge is 0.495 e. The molecule has 23 heavy (non-hydrogen) atoms. The summed E-state index contributed by atoms with van der Waals surface area (Å²) < 4.78 is 33.0. The smallest absolute Gasteiger partial charge is 0.244 e. The zero-order valence-electron chi connectivity index (χ0n) is 13.0. The number of nitrogens with one attached hydrogen (secondary N) is 1. The molecule has 1 unspecified atom stereocenters. The molecule has 2 aromatic carbocycles. The topological polar surface area (TPSA) is 55.4 Å². The molecule has 1 N–H and O–H groups in total. The Morgan fingerprint density at radius 3 is 2.39 bits per heavy atom. The molecular formula is C16H18ClNO3S2. The first kappa shape index (κ1) is 18.1. The first-order valence-electron chi connectivity index (χ1n) is 6.87. The molecule has 0 aromatic heterocycles. The van der Waals surface area contributed by atoms with Crippen molar-refractivity contribution in [1.82, 2.24) is 4.72 Å². The second kappa shape index (κ2) is 7.57. The van der Waals surface area contributed by atoms with Crippen LogP contribution in [0.5, 0.6) is 5.75 Å². The third-order valence-corrected chi connectivity index (χ3v) is 5.90. The minimum Gasteiger partial charge on any atom is -0.495 e. The lowest BCUT2D eigenvalue weighted by Gasteiger charge is -2.16. The van der Waals surface area contributed by atoms with E-state index in [9.17, 15) is 8.42 Å². The second-order valence-electron chi connectivity index (χ2n) is 4.91. The van der Waals surface area contributed by atoms with E-state index in [-0.39, 0.29) is 16.7 Å². The van der Waals surface area contributed by atoms with Gasteiger partial charge in [0.2, 0.25) is 10.0 Å². The summed E-state index contributed by atoms with van der Waals surface area (Å²) in [5.74, 6) is 0.256. The van der Waals surface area contributed by atoms with Crippen LogP contribution in [0.3, 0.4) is 0 Å². The van der Waals surface area contributed by atoms with E-state index in [1.54, 1.807) is 24.8 Å².